The van der Waals surface area contributed by atoms with Gasteiger partial charge in [-0.15, -0.1) is 0 Å². The molecule has 4 rings (SSSR count). The second-order valence-electron chi connectivity index (χ2n) is 9.63. The quantitative estimate of drug-likeness (QED) is 0.662. The van der Waals surface area contributed by atoms with Crippen molar-refractivity contribution in [2.45, 2.75) is 64.9 Å². The molecule has 3 saturated heterocycles. The molecule has 3 atom stereocenters. The average molecular weight is 447 g/mol. The van der Waals surface area contributed by atoms with E-state index < -0.39 is 0 Å². The van der Waals surface area contributed by atoms with Crippen LogP contribution in [0, 0.1) is 11.8 Å². The van der Waals surface area contributed by atoms with Crippen LogP contribution in [0.3, 0.4) is 0 Å². The van der Waals surface area contributed by atoms with Gasteiger partial charge in [-0.2, -0.15) is 9.97 Å². The Bertz CT molecular complexity index is 723. The van der Waals surface area contributed by atoms with E-state index in [-0.39, 0.29) is 6.10 Å². The first-order chi connectivity index (χ1) is 15.1. The van der Waals surface area contributed by atoms with Crippen molar-refractivity contribution in [3.63, 3.8) is 0 Å². The fourth-order valence-corrected chi connectivity index (χ4v) is 5.28. The van der Waals surface area contributed by atoms with Crippen LogP contribution in [0.15, 0.2) is 6.07 Å². The predicted molar refractivity (Wildman–Crippen MR) is 131 cm³/mol. The van der Waals surface area contributed by atoms with E-state index in [0.717, 1.165) is 63.8 Å². The van der Waals surface area contributed by atoms with Crippen molar-refractivity contribution in [1.29, 1.82) is 0 Å². The highest BCUT2D eigenvalue weighted by Crippen LogP contribution is 2.29. The summed E-state index contributed by atoms with van der Waals surface area (Å²) >= 11 is 5.54. The van der Waals surface area contributed by atoms with Crippen molar-refractivity contribution in [3.05, 3.63) is 6.07 Å². The van der Waals surface area contributed by atoms with Crippen LogP contribution in [0.1, 0.15) is 58.8 Å². The number of anilines is 3. The summed E-state index contributed by atoms with van der Waals surface area (Å²) in [5, 5.41) is 7.10. The number of rotatable bonds is 5. The number of aromatic nitrogens is 2. The van der Waals surface area contributed by atoms with Gasteiger partial charge in [0.15, 0.2) is 5.11 Å². The minimum absolute atomic E-state index is 0.246. The minimum Gasteiger partial charge on any atom is -0.376 e. The van der Waals surface area contributed by atoms with E-state index in [1.54, 1.807) is 0 Å². The zero-order chi connectivity index (χ0) is 21.6. The van der Waals surface area contributed by atoms with E-state index in [2.05, 4.69) is 40.3 Å². The fourth-order valence-electron chi connectivity index (χ4n) is 5.11. The van der Waals surface area contributed by atoms with E-state index in [9.17, 15) is 0 Å². The maximum absolute atomic E-state index is 5.69. The van der Waals surface area contributed by atoms with Gasteiger partial charge in [0.05, 0.1) is 6.10 Å². The summed E-state index contributed by atoms with van der Waals surface area (Å²) in [5.74, 6) is 3.96. The predicted octanol–water partition coefficient (Wildman–Crippen LogP) is 3.80. The van der Waals surface area contributed by atoms with E-state index in [0.29, 0.717) is 22.9 Å². The molecule has 0 aliphatic carbocycles. The van der Waals surface area contributed by atoms with Gasteiger partial charge in [-0.1, -0.05) is 26.7 Å². The second kappa shape index (κ2) is 10.8. The Labute approximate surface area is 192 Å². The number of thiocarbonyl (C=S) groups is 1. The Balaban J connectivity index is 1.51. The lowest BCUT2D eigenvalue weighted by Gasteiger charge is -2.36. The van der Waals surface area contributed by atoms with E-state index in [4.69, 9.17) is 26.9 Å². The summed E-state index contributed by atoms with van der Waals surface area (Å²) in [6, 6.07) is 2.18. The summed E-state index contributed by atoms with van der Waals surface area (Å²) in [4.78, 5) is 14.6. The highest BCUT2D eigenvalue weighted by atomic mass is 32.1. The van der Waals surface area contributed by atoms with Crippen LogP contribution >= 0.6 is 12.2 Å². The molecule has 0 aromatic carbocycles. The van der Waals surface area contributed by atoms with Crippen LogP contribution in [0.4, 0.5) is 17.6 Å². The second-order valence-corrected chi connectivity index (χ2v) is 10.0. The molecule has 31 heavy (non-hydrogen) atoms. The molecule has 0 saturated carbocycles. The van der Waals surface area contributed by atoms with Crippen LogP contribution in [-0.4, -0.2) is 60.5 Å². The summed E-state index contributed by atoms with van der Waals surface area (Å²) in [6.07, 6.45) is 8.80. The highest BCUT2D eigenvalue weighted by molar-refractivity contribution is 7.80. The maximum atomic E-state index is 5.69. The molecule has 172 valence electrons. The van der Waals surface area contributed by atoms with Crippen LogP contribution < -0.4 is 20.4 Å². The number of hydrogen-bond donors (Lipinski definition) is 2. The topological polar surface area (TPSA) is 65.5 Å². The molecule has 1 aromatic rings. The van der Waals surface area contributed by atoms with E-state index in [1.807, 2.05) is 0 Å². The lowest BCUT2D eigenvalue weighted by Crippen LogP contribution is -2.40. The third-order valence-corrected chi connectivity index (χ3v) is 6.81. The number of nitrogens with zero attached hydrogens (tertiary/aromatic N) is 4. The summed E-state index contributed by atoms with van der Waals surface area (Å²) < 4.78 is 5.69. The molecular formula is C23H38N6OS. The molecule has 3 fully saturated rings. The Morgan fingerprint density at radius 2 is 1.71 bits per heavy atom. The first-order valence-corrected chi connectivity index (χ1v) is 12.5. The van der Waals surface area contributed by atoms with Crippen LogP contribution in [0.2, 0.25) is 0 Å². The number of hydrogen-bond acceptors (Lipinski definition) is 6. The lowest BCUT2D eigenvalue weighted by atomic mass is 9.92. The molecule has 3 aliphatic rings. The molecule has 4 heterocycles. The fraction of sp³-hybridized carbons (Fsp3) is 0.783. The molecule has 0 bridgehead atoms. The molecule has 3 aliphatic heterocycles. The molecule has 0 spiro atoms. The zero-order valence-electron chi connectivity index (χ0n) is 19.1. The van der Waals surface area contributed by atoms with Crippen molar-refractivity contribution >= 4 is 34.9 Å². The Hall–Kier alpha value is -1.67. The van der Waals surface area contributed by atoms with Gasteiger partial charge < -0.3 is 25.2 Å². The number of ether oxygens (including phenoxy) is 1. The molecule has 0 radical (unpaired) electrons. The third kappa shape index (κ3) is 6.42. The largest absolute Gasteiger partial charge is 0.376 e. The Morgan fingerprint density at radius 1 is 1.03 bits per heavy atom. The van der Waals surface area contributed by atoms with E-state index >= 15 is 0 Å². The molecule has 8 heteroatoms. The van der Waals surface area contributed by atoms with Gasteiger partial charge in [-0.3, -0.25) is 0 Å². The molecule has 1 aromatic heterocycles. The molecule has 2 N–H and O–H groups in total. The van der Waals surface area contributed by atoms with Crippen LogP contribution in [-0.2, 0) is 4.74 Å². The third-order valence-electron chi connectivity index (χ3n) is 6.56. The number of nitrogens with one attached hydrogen (secondary N) is 2. The first kappa shape index (κ1) is 22.5. The Morgan fingerprint density at radius 3 is 2.35 bits per heavy atom. The first-order valence-electron chi connectivity index (χ1n) is 12.1. The van der Waals surface area contributed by atoms with Gasteiger partial charge in [0, 0.05) is 45.4 Å². The van der Waals surface area contributed by atoms with Crippen molar-refractivity contribution in [2.24, 2.45) is 11.8 Å². The minimum atomic E-state index is 0.246. The van der Waals surface area contributed by atoms with Gasteiger partial charge >= 0.3 is 0 Å². The smallest absolute Gasteiger partial charge is 0.232 e. The monoisotopic (exact) mass is 446 g/mol. The summed E-state index contributed by atoms with van der Waals surface area (Å²) in [5.41, 5.74) is 0. The van der Waals surface area contributed by atoms with Crippen molar-refractivity contribution in [2.75, 3.05) is 54.4 Å². The standard InChI is InChI=1S/C23H38N6OS/c1-17-12-18(2)16-29(15-17)21-13-20(28-9-5-3-4-6-10-28)25-22(26-21)27-23(31)24-14-19-8-7-11-30-19/h13,17-19H,3-12,14-16H2,1-2H3,(H2,24,25,26,27,31). The summed E-state index contributed by atoms with van der Waals surface area (Å²) in [6.45, 7) is 10.5. The molecular weight excluding hydrogens is 408 g/mol. The van der Waals surface area contributed by atoms with Crippen molar-refractivity contribution in [3.8, 4) is 0 Å². The van der Waals surface area contributed by atoms with Gasteiger partial charge in [0.2, 0.25) is 5.95 Å². The molecule has 7 nitrogen and oxygen atoms in total. The van der Waals surface area contributed by atoms with Crippen molar-refractivity contribution < 1.29 is 4.74 Å². The maximum Gasteiger partial charge on any atom is 0.232 e. The van der Waals surface area contributed by atoms with Gasteiger partial charge in [-0.25, -0.2) is 0 Å². The van der Waals surface area contributed by atoms with Gasteiger partial charge in [-0.05, 0) is 56.2 Å². The highest BCUT2D eigenvalue weighted by Gasteiger charge is 2.25. The normalized spacial score (nSPS) is 27.1. The average Bonchev–Trinajstić information content (AvgIpc) is 3.11. The SMILES string of the molecule is CC1CC(C)CN(c2cc(N3CCCCCC3)nc(NC(=S)NCC3CCCO3)n2)C1. The molecule has 0 amide bonds. The zero-order valence-corrected chi connectivity index (χ0v) is 19.9. The van der Waals surface area contributed by atoms with Crippen LogP contribution in [0.25, 0.3) is 0 Å². The lowest BCUT2D eigenvalue weighted by molar-refractivity contribution is 0.114. The Kier molecular flexibility index (Phi) is 7.82. The van der Waals surface area contributed by atoms with Gasteiger partial charge in [0.25, 0.3) is 0 Å². The molecule has 3 unspecified atom stereocenters. The van der Waals surface area contributed by atoms with Crippen LogP contribution in [0.5, 0.6) is 0 Å². The summed E-state index contributed by atoms with van der Waals surface area (Å²) in [7, 11) is 0. The van der Waals surface area contributed by atoms with Crippen molar-refractivity contribution in [1.82, 2.24) is 15.3 Å². The number of piperidine rings is 1. The van der Waals surface area contributed by atoms with E-state index in [1.165, 1.54) is 32.1 Å². The van der Waals surface area contributed by atoms with Gasteiger partial charge in [0.1, 0.15) is 11.6 Å².